The molecule has 0 bridgehead atoms. The third-order valence-electron chi connectivity index (χ3n) is 6.52. The minimum atomic E-state index is -0.129. The Bertz CT molecular complexity index is 1240. The van der Waals surface area contributed by atoms with E-state index in [1.165, 1.54) is 17.0 Å². The molecule has 2 aromatic heterocycles. The highest BCUT2D eigenvalue weighted by Crippen LogP contribution is 2.45. The van der Waals surface area contributed by atoms with E-state index >= 15 is 0 Å². The molecule has 1 saturated heterocycles. The van der Waals surface area contributed by atoms with Crippen LogP contribution < -0.4 is 20.3 Å². The maximum atomic E-state index is 12.0. The number of rotatable bonds is 7. The molecule has 35 heavy (non-hydrogen) atoms. The monoisotopic (exact) mass is 491 g/mol. The van der Waals surface area contributed by atoms with E-state index in [0.29, 0.717) is 29.0 Å². The Hall–Kier alpha value is -3.39. The average molecular weight is 492 g/mol. The highest BCUT2D eigenvalue weighted by molar-refractivity contribution is 7.80. The van der Waals surface area contributed by atoms with Crippen molar-refractivity contribution in [2.45, 2.75) is 59.2 Å². The van der Waals surface area contributed by atoms with Gasteiger partial charge in [-0.05, 0) is 75.8 Å². The van der Waals surface area contributed by atoms with Crippen LogP contribution in [0.1, 0.15) is 68.0 Å². The predicted octanol–water partition coefficient (Wildman–Crippen LogP) is 5.62. The first-order valence-electron chi connectivity index (χ1n) is 11.9. The largest absolute Gasteiger partial charge is 0.494 e. The van der Waals surface area contributed by atoms with E-state index in [4.69, 9.17) is 17.0 Å². The minimum Gasteiger partial charge on any atom is -0.494 e. The van der Waals surface area contributed by atoms with Crippen LogP contribution in [0.4, 0.5) is 11.4 Å². The fraction of sp³-hybridized carbons (Fsp3) is 0.370. The summed E-state index contributed by atoms with van der Waals surface area (Å²) in [6.07, 6.45) is 2.20. The van der Waals surface area contributed by atoms with Crippen molar-refractivity contribution in [2.75, 3.05) is 17.3 Å². The van der Waals surface area contributed by atoms with Gasteiger partial charge in [-0.15, -0.1) is 0 Å². The number of pyridine rings is 1. The number of carbonyl (C=O) groups is 1. The van der Waals surface area contributed by atoms with E-state index < -0.39 is 0 Å². The molecule has 2 atom stereocenters. The van der Waals surface area contributed by atoms with E-state index in [-0.39, 0.29) is 18.0 Å². The molecule has 2 N–H and O–H groups in total. The Balaban J connectivity index is 1.85. The maximum absolute atomic E-state index is 12.0. The van der Waals surface area contributed by atoms with Crippen LogP contribution in [0.2, 0.25) is 0 Å². The van der Waals surface area contributed by atoms with Crippen LogP contribution in [0.25, 0.3) is 0 Å². The lowest BCUT2D eigenvalue weighted by atomic mass is 9.96. The van der Waals surface area contributed by atoms with Gasteiger partial charge in [0.25, 0.3) is 0 Å². The molecule has 184 valence electrons. The van der Waals surface area contributed by atoms with Gasteiger partial charge < -0.3 is 24.8 Å². The zero-order valence-electron chi connectivity index (χ0n) is 21.1. The van der Waals surface area contributed by atoms with E-state index in [2.05, 4.69) is 58.8 Å². The molecule has 0 unspecified atom stereocenters. The zero-order valence-corrected chi connectivity index (χ0v) is 21.9. The topological polar surface area (TPSA) is 71.4 Å². The summed E-state index contributed by atoms with van der Waals surface area (Å²) in [6, 6.07) is 14.1. The molecule has 0 radical (unpaired) electrons. The van der Waals surface area contributed by atoms with Crippen molar-refractivity contribution in [3.05, 3.63) is 71.3 Å². The molecule has 0 saturated carbocycles. The van der Waals surface area contributed by atoms with Crippen molar-refractivity contribution >= 4 is 34.6 Å². The number of hydrogen-bond acceptors (Lipinski definition) is 4. The van der Waals surface area contributed by atoms with E-state index in [9.17, 15) is 4.79 Å². The Kier molecular flexibility index (Phi) is 7.12. The highest BCUT2D eigenvalue weighted by Gasteiger charge is 2.42. The van der Waals surface area contributed by atoms with Gasteiger partial charge in [0.1, 0.15) is 5.75 Å². The molecule has 3 aromatic rings. The number of anilines is 2. The molecule has 8 heteroatoms. The van der Waals surface area contributed by atoms with Crippen molar-refractivity contribution in [1.82, 2.24) is 14.9 Å². The molecule has 1 amide bonds. The van der Waals surface area contributed by atoms with E-state index in [1.807, 2.05) is 49.5 Å². The number of nitrogens with one attached hydrogen (secondary N) is 2. The first-order chi connectivity index (χ1) is 16.8. The summed E-state index contributed by atoms with van der Waals surface area (Å²) in [4.78, 5) is 18.8. The van der Waals surface area contributed by atoms with Crippen LogP contribution in [0.15, 0.2) is 48.7 Å². The fourth-order valence-corrected chi connectivity index (χ4v) is 5.36. The summed E-state index contributed by atoms with van der Waals surface area (Å²) in [6.45, 7) is 10.5. The van der Waals surface area contributed by atoms with Crippen LogP contribution in [-0.4, -0.2) is 27.7 Å². The lowest BCUT2D eigenvalue weighted by Crippen LogP contribution is -2.29. The second kappa shape index (κ2) is 10.1. The minimum absolute atomic E-state index is 0.0661. The Morgan fingerprint density at radius 3 is 2.60 bits per heavy atom. The lowest BCUT2D eigenvalue weighted by molar-refractivity contribution is -0.115. The fourth-order valence-electron chi connectivity index (χ4n) is 5.02. The summed E-state index contributed by atoms with van der Waals surface area (Å²) in [5, 5.41) is 7.04. The average Bonchev–Trinajstić information content (AvgIpc) is 3.34. The van der Waals surface area contributed by atoms with Gasteiger partial charge in [-0.1, -0.05) is 13.0 Å². The summed E-state index contributed by atoms with van der Waals surface area (Å²) in [5.41, 5.74) is 6.06. The smallest absolute Gasteiger partial charge is 0.224 e. The van der Waals surface area contributed by atoms with Crippen LogP contribution in [0.3, 0.4) is 0 Å². The molecule has 0 aliphatic carbocycles. The summed E-state index contributed by atoms with van der Waals surface area (Å²) < 4.78 is 7.99. The van der Waals surface area contributed by atoms with Gasteiger partial charge in [0.2, 0.25) is 5.91 Å². The van der Waals surface area contributed by atoms with Crippen LogP contribution in [0, 0.1) is 13.8 Å². The molecule has 0 spiro atoms. The number of benzene rings is 1. The van der Waals surface area contributed by atoms with Gasteiger partial charge >= 0.3 is 0 Å². The Morgan fingerprint density at radius 1 is 1.23 bits per heavy atom. The second-order valence-corrected chi connectivity index (χ2v) is 9.46. The van der Waals surface area contributed by atoms with Crippen molar-refractivity contribution in [2.24, 2.45) is 0 Å². The van der Waals surface area contributed by atoms with Crippen molar-refractivity contribution in [1.29, 1.82) is 0 Å². The molecular weight excluding hydrogens is 458 g/mol. The SMILES string of the molecule is CCC(=O)Nc1ccc(N2C(=S)N[C@@H](c3ccccn3)[C@@H]2c2cc(C)n(C(C)C)c2C)cc1OC. The van der Waals surface area contributed by atoms with E-state index in [1.54, 1.807) is 7.11 Å². The Labute approximate surface area is 212 Å². The molecule has 1 aliphatic heterocycles. The normalized spacial score (nSPS) is 17.6. The van der Waals surface area contributed by atoms with E-state index in [0.717, 1.165) is 11.4 Å². The number of aryl methyl sites for hydroxylation is 1. The standard InChI is InChI=1S/C27H33N5O2S/c1-7-24(33)29-21-12-11-19(15-23(21)34-6)32-26(20-14-17(4)31(16(2)3)18(20)5)25(30-27(32)35)22-10-8-9-13-28-22/h8-16,25-26H,7H2,1-6H3,(H,29,33)(H,30,35)/t25-,26-/m0/s1. The number of aromatic nitrogens is 2. The third-order valence-corrected chi connectivity index (χ3v) is 6.83. The molecule has 1 fully saturated rings. The van der Waals surface area contributed by atoms with Gasteiger partial charge in [0.15, 0.2) is 5.11 Å². The third kappa shape index (κ3) is 4.62. The Morgan fingerprint density at radius 2 is 2.00 bits per heavy atom. The van der Waals surface area contributed by atoms with Gasteiger partial charge in [-0.25, -0.2) is 0 Å². The highest BCUT2D eigenvalue weighted by atomic mass is 32.1. The number of nitrogens with zero attached hydrogens (tertiary/aromatic N) is 3. The molecule has 3 heterocycles. The first-order valence-corrected chi connectivity index (χ1v) is 12.3. The van der Waals surface area contributed by atoms with Crippen molar-refractivity contribution < 1.29 is 9.53 Å². The quantitative estimate of drug-likeness (QED) is 0.418. The van der Waals surface area contributed by atoms with Gasteiger partial charge in [0, 0.05) is 41.8 Å². The number of hydrogen-bond donors (Lipinski definition) is 2. The van der Waals surface area contributed by atoms with Gasteiger partial charge in [0.05, 0.1) is 30.6 Å². The first kappa shape index (κ1) is 24.7. The van der Waals surface area contributed by atoms with Crippen LogP contribution in [0.5, 0.6) is 5.75 Å². The van der Waals surface area contributed by atoms with Crippen molar-refractivity contribution in [3.63, 3.8) is 0 Å². The summed E-state index contributed by atoms with van der Waals surface area (Å²) >= 11 is 5.88. The molecule has 1 aromatic carbocycles. The number of carbonyl (C=O) groups excluding carboxylic acids is 1. The predicted molar refractivity (Wildman–Crippen MR) is 144 cm³/mol. The summed E-state index contributed by atoms with van der Waals surface area (Å²) in [7, 11) is 1.60. The molecule has 1 aliphatic rings. The number of ether oxygens (including phenoxy) is 1. The lowest BCUT2D eigenvalue weighted by Gasteiger charge is -2.29. The maximum Gasteiger partial charge on any atom is 0.224 e. The molecule has 4 rings (SSSR count). The van der Waals surface area contributed by atoms with Crippen LogP contribution >= 0.6 is 12.2 Å². The zero-order chi connectivity index (χ0) is 25.3. The van der Waals surface area contributed by atoms with Crippen molar-refractivity contribution in [3.8, 4) is 5.75 Å². The molecular formula is C27H33N5O2S. The summed E-state index contributed by atoms with van der Waals surface area (Å²) in [5.74, 6) is 0.517. The second-order valence-electron chi connectivity index (χ2n) is 9.07. The van der Waals surface area contributed by atoms with Gasteiger partial charge in [-0.3, -0.25) is 9.78 Å². The van der Waals surface area contributed by atoms with Gasteiger partial charge in [-0.2, -0.15) is 0 Å². The number of thiocarbonyl (C=S) groups is 1. The molecule has 7 nitrogen and oxygen atoms in total. The number of amides is 1. The van der Waals surface area contributed by atoms with Crippen LogP contribution in [-0.2, 0) is 4.79 Å². The number of methoxy groups -OCH3 is 1.